The lowest BCUT2D eigenvalue weighted by Crippen LogP contribution is -2.43. The lowest BCUT2D eigenvalue weighted by molar-refractivity contribution is 0.589. The maximum Gasteiger partial charge on any atom is 0.128 e. The standard InChI is InChI=1S/C18H23FN4/c1-13-6-7-16(23-10-8-21-9-11-23)17(20)18(13)22-12-14-4-2-3-5-15(14)19/h2-7,21-22H,8-12,20H2,1H3. The number of nitrogen functional groups attached to an aromatic ring is 1. The summed E-state index contributed by atoms with van der Waals surface area (Å²) in [6.45, 7) is 6.25. The number of hydrogen-bond acceptors (Lipinski definition) is 4. The van der Waals surface area contributed by atoms with Crippen molar-refractivity contribution < 1.29 is 4.39 Å². The van der Waals surface area contributed by atoms with E-state index in [0.29, 0.717) is 12.1 Å². The van der Waals surface area contributed by atoms with Gasteiger partial charge < -0.3 is 21.3 Å². The fraction of sp³-hybridized carbons (Fsp3) is 0.333. The lowest BCUT2D eigenvalue weighted by Gasteiger charge is -2.31. The molecule has 0 spiro atoms. The molecule has 0 aliphatic carbocycles. The van der Waals surface area contributed by atoms with Crippen molar-refractivity contribution in [3.63, 3.8) is 0 Å². The first-order chi connectivity index (χ1) is 11.2. The Morgan fingerprint density at radius 3 is 2.65 bits per heavy atom. The van der Waals surface area contributed by atoms with Crippen LogP contribution in [0.3, 0.4) is 0 Å². The average Bonchev–Trinajstić information content (AvgIpc) is 2.57. The third-order valence-electron chi connectivity index (χ3n) is 4.30. The summed E-state index contributed by atoms with van der Waals surface area (Å²) in [6, 6.07) is 10.9. The number of halogens is 1. The highest BCUT2D eigenvalue weighted by Gasteiger charge is 2.16. The molecule has 3 rings (SSSR count). The molecule has 1 saturated heterocycles. The Morgan fingerprint density at radius 2 is 1.91 bits per heavy atom. The summed E-state index contributed by atoms with van der Waals surface area (Å²) in [5, 5.41) is 6.65. The predicted molar refractivity (Wildman–Crippen MR) is 94.4 cm³/mol. The van der Waals surface area contributed by atoms with Gasteiger partial charge in [-0.1, -0.05) is 24.3 Å². The molecule has 0 bridgehead atoms. The molecule has 1 heterocycles. The van der Waals surface area contributed by atoms with Crippen LogP contribution < -0.4 is 21.3 Å². The Bertz CT molecular complexity index is 681. The summed E-state index contributed by atoms with van der Waals surface area (Å²) in [5.74, 6) is -0.200. The Hall–Kier alpha value is -2.27. The summed E-state index contributed by atoms with van der Waals surface area (Å²) in [4.78, 5) is 2.29. The maximum absolute atomic E-state index is 13.8. The number of anilines is 3. The third-order valence-corrected chi connectivity index (χ3v) is 4.30. The first kappa shape index (κ1) is 15.6. The number of nitrogens with two attached hydrogens (primary N) is 1. The van der Waals surface area contributed by atoms with E-state index in [1.807, 2.05) is 13.0 Å². The second kappa shape index (κ2) is 6.87. The van der Waals surface area contributed by atoms with Crippen LogP contribution in [0.1, 0.15) is 11.1 Å². The Morgan fingerprint density at radius 1 is 1.17 bits per heavy atom. The second-order valence-corrected chi connectivity index (χ2v) is 5.87. The number of nitrogens with zero attached hydrogens (tertiary/aromatic N) is 1. The fourth-order valence-corrected chi connectivity index (χ4v) is 2.96. The van der Waals surface area contributed by atoms with E-state index >= 15 is 0 Å². The summed E-state index contributed by atoms with van der Waals surface area (Å²) in [6.07, 6.45) is 0. The van der Waals surface area contributed by atoms with Crippen LogP contribution in [-0.4, -0.2) is 26.2 Å². The number of aryl methyl sites for hydroxylation is 1. The molecular formula is C18H23FN4. The fourth-order valence-electron chi connectivity index (χ4n) is 2.96. The highest BCUT2D eigenvalue weighted by atomic mass is 19.1. The molecule has 122 valence electrons. The summed E-state index contributed by atoms with van der Waals surface area (Å²) in [5.41, 5.74) is 10.8. The van der Waals surface area contributed by atoms with Crippen molar-refractivity contribution in [2.75, 3.05) is 42.1 Å². The number of nitrogens with one attached hydrogen (secondary N) is 2. The Balaban J connectivity index is 1.82. The molecule has 0 aromatic heterocycles. The molecule has 2 aromatic carbocycles. The van der Waals surface area contributed by atoms with Crippen LogP contribution in [0.5, 0.6) is 0 Å². The van der Waals surface area contributed by atoms with E-state index in [4.69, 9.17) is 5.73 Å². The van der Waals surface area contributed by atoms with Crippen molar-refractivity contribution in [3.8, 4) is 0 Å². The van der Waals surface area contributed by atoms with Gasteiger partial charge in [-0.3, -0.25) is 0 Å². The molecule has 0 amide bonds. The van der Waals surface area contributed by atoms with Crippen LogP contribution in [0.4, 0.5) is 21.5 Å². The molecule has 1 fully saturated rings. The van der Waals surface area contributed by atoms with E-state index in [9.17, 15) is 4.39 Å². The largest absolute Gasteiger partial charge is 0.395 e. The van der Waals surface area contributed by atoms with E-state index < -0.39 is 0 Å². The molecule has 0 unspecified atom stereocenters. The smallest absolute Gasteiger partial charge is 0.128 e. The molecule has 2 aromatic rings. The summed E-state index contributed by atoms with van der Waals surface area (Å²) >= 11 is 0. The van der Waals surface area contributed by atoms with Crippen LogP contribution in [0.2, 0.25) is 0 Å². The number of hydrogen-bond donors (Lipinski definition) is 3. The van der Waals surface area contributed by atoms with Gasteiger partial charge in [0.25, 0.3) is 0 Å². The van der Waals surface area contributed by atoms with E-state index in [-0.39, 0.29) is 5.82 Å². The van der Waals surface area contributed by atoms with Crippen LogP contribution in [0, 0.1) is 12.7 Å². The van der Waals surface area contributed by atoms with E-state index in [1.54, 1.807) is 12.1 Å². The zero-order valence-electron chi connectivity index (χ0n) is 13.4. The molecule has 4 nitrogen and oxygen atoms in total. The quantitative estimate of drug-likeness (QED) is 0.760. The number of rotatable bonds is 4. The molecule has 5 heteroatoms. The highest BCUT2D eigenvalue weighted by Crippen LogP contribution is 2.34. The first-order valence-corrected chi connectivity index (χ1v) is 7.99. The van der Waals surface area contributed by atoms with Gasteiger partial charge in [0.15, 0.2) is 0 Å². The van der Waals surface area contributed by atoms with Gasteiger partial charge in [-0.2, -0.15) is 0 Å². The van der Waals surface area contributed by atoms with E-state index in [0.717, 1.165) is 48.8 Å². The monoisotopic (exact) mass is 314 g/mol. The van der Waals surface area contributed by atoms with Gasteiger partial charge in [-0.15, -0.1) is 0 Å². The predicted octanol–water partition coefficient (Wildman–Crippen LogP) is 2.74. The number of piperazine rings is 1. The normalized spacial score (nSPS) is 14.8. The third kappa shape index (κ3) is 3.40. The topological polar surface area (TPSA) is 53.3 Å². The van der Waals surface area contributed by atoms with Crippen LogP contribution in [0.25, 0.3) is 0 Å². The minimum atomic E-state index is -0.200. The van der Waals surface area contributed by atoms with Gasteiger partial charge in [0.05, 0.1) is 17.1 Å². The van der Waals surface area contributed by atoms with Gasteiger partial charge in [0.1, 0.15) is 5.82 Å². The van der Waals surface area contributed by atoms with Crippen molar-refractivity contribution >= 4 is 17.1 Å². The van der Waals surface area contributed by atoms with Crippen LogP contribution >= 0.6 is 0 Å². The molecule has 0 atom stereocenters. The van der Waals surface area contributed by atoms with E-state index in [2.05, 4.69) is 27.7 Å². The van der Waals surface area contributed by atoms with Crippen molar-refractivity contribution in [3.05, 3.63) is 53.3 Å². The second-order valence-electron chi connectivity index (χ2n) is 5.87. The van der Waals surface area contributed by atoms with Crippen molar-refractivity contribution in [1.29, 1.82) is 0 Å². The zero-order chi connectivity index (χ0) is 16.2. The first-order valence-electron chi connectivity index (χ1n) is 7.99. The van der Waals surface area contributed by atoms with Gasteiger partial charge >= 0.3 is 0 Å². The maximum atomic E-state index is 13.8. The minimum absolute atomic E-state index is 0.200. The SMILES string of the molecule is Cc1ccc(N2CCNCC2)c(N)c1NCc1ccccc1F. The molecule has 1 aliphatic heterocycles. The Labute approximate surface area is 136 Å². The summed E-state index contributed by atoms with van der Waals surface area (Å²) < 4.78 is 13.8. The summed E-state index contributed by atoms with van der Waals surface area (Å²) in [7, 11) is 0. The van der Waals surface area contributed by atoms with Crippen molar-refractivity contribution in [2.45, 2.75) is 13.5 Å². The molecule has 1 aliphatic rings. The van der Waals surface area contributed by atoms with Crippen LogP contribution in [-0.2, 0) is 6.54 Å². The minimum Gasteiger partial charge on any atom is -0.395 e. The van der Waals surface area contributed by atoms with E-state index in [1.165, 1.54) is 6.07 Å². The van der Waals surface area contributed by atoms with Crippen molar-refractivity contribution in [1.82, 2.24) is 5.32 Å². The molecule has 23 heavy (non-hydrogen) atoms. The van der Waals surface area contributed by atoms with Crippen molar-refractivity contribution in [2.24, 2.45) is 0 Å². The average molecular weight is 314 g/mol. The Kier molecular flexibility index (Phi) is 4.67. The zero-order valence-corrected chi connectivity index (χ0v) is 13.4. The van der Waals surface area contributed by atoms with Gasteiger partial charge in [-0.05, 0) is 24.6 Å². The lowest BCUT2D eigenvalue weighted by atomic mass is 10.1. The van der Waals surface area contributed by atoms with Gasteiger partial charge in [-0.25, -0.2) is 4.39 Å². The number of benzene rings is 2. The van der Waals surface area contributed by atoms with Crippen LogP contribution in [0.15, 0.2) is 36.4 Å². The molecular weight excluding hydrogens is 291 g/mol. The molecule has 0 saturated carbocycles. The van der Waals surface area contributed by atoms with Gasteiger partial charge in [0, 0.05) is 38.3 Å². The molecule has 0 radical (unpaired) electrons. The van der Waals surface area contributed by atoms with Gasteiger partial charge in [0.2, 0.25) is 0 Å². The highest BCUT2D eigenvalue weighted by molar-refractivity contribution is 5.83. The molecule has 4 N–H and O–H groups in total.